The van der Waals surface area contributed by atoms with Crippen LogP contribution in [0, 0.1) is 0 Å². The second-order valence-corrected chi connectivity index (χ2v) is 4.35. The normalized spacial score (nSPS) is 13.0. The van der Waals surface area contributed by atoms with Crippen LogP contribution in [-0.2, 0) is 20.3 Å². The van der Waals surface area contributed by atoms with Gasteiger partial charge in [-0.1, -0.05) is 20.3 Å². The zero-order chi connectivity index (χ0) is 10.8. The highest BCUT2D eigenvalue weighted by Gasteiger charge is 1.97. The molecule has 0 spiro atoms. The molecule has 14 heavy (non-hydrogen) atoms. The Kier molecular flexibility index (Phi) is 8.53. The first-order valence-electron chi connectivity index (χ1n) is 4.92. The van der Waals surface area contributed by atoms with Gasteiger partial charge in [0.1, 0.15) is 0 Å². The average molecular weight is 218 g/mol. The molecule has 0 aliphatic rings. The number of carbonyl (C=O) groups excluding carboxylic acids is 1. The van der Waals surface area contributed by atoms with Crippen LogP contribution in [-0.4, -0.2) is 22.5 Å². The van der Waals surface area contributed by atoms with Gasteiger partial charge in [-0.15, -0.1) is 0 Å². The second kappa shape index (κ2) is 8.94. The van der Waals surface area contributed by atoms with E-state index in [2.05, 4.69) is 0 Å². The van der Waals surface area contributed by atoms with Crippen molar-refractivity contribution in [2.75, 3.05) is 12.4 Å². The number of esters is 1. The van der Waals surface area contributed by atoms with Gasteiger partial charge in [0, 0.05) is 28.0 Å². The molecule has 0 aromatic heterocycles. The Balaban J connectivity index is 3.64. The Morgan fingerprint density at radius 1 is 1.36 bits per heavy atom. The third-order valence-corrected chi connectivity index (χ3v) is 2.75. The molecule has 0 N–H and O–H groups in total. The molecule has 0 bridgehead atoms. The largest absolute Gasteiger partial charge is 0.463 e. The van der Waals surface area contributed by atoms with Crippen LogP contribution in [0.2, 0.25) is 0 Å². The molecule has 0 saturated carbocycles. The summed E-state index contributed by atoms with van der Waals surface area (Å²) >= 11 is 0. The highest BCUT2D eigenvalue weighted by atomic mass is 32.2. The smallest absolute Gasteiger partial charge is 0.331 e. The third kappa shape index (κ3) is 7.98. The zero-order valence-electron chi connectivity index (χ0n) is 8.82. The Labute approximate surface area is 88.0 Å². The molecule has 0 aliphatic heterocycles. The molecule has 1 unspecified atom stereocenters. The lowest BCUT2D eigenvalue weighted by molar-refractivity contribution is -0.137. The average Bonchev–Trinajstić information content (AvgIpc) is 2.16. The van der Waals surface area contributed by atoms with Crippen molar-refractivity contribution in [1.29, 1.82) is 0 Å². The fraction of sp³-hybridized carbons (Fsp3) is 0.700. The van der Waals surface area contributed by atoms with Crippen LogP contribution >= 0.6 is 0 Å². The molecular formula is C10H18O3S. The molecule has 1 atom stereocenters. The minimum Gasteiger partial charge on any atom is -0.463 e. The molecule has 0 aliphatic carbocycles. The fourth-order valence-electron chi connectivity index (χ4n) is 0.766. The molecule has 0 radical (unpaired) electrons. The van der Waals surface area contributed by atoms with Crippen LogP contribution < -0.4 is 0 Å². The van der Waals surface area contributed by atoms with Crippen LogP contribution in [0.1, 0.15) is 33.1 Å². The maximum Gasteiger partial charge on any atom is 0.331 e. The Bertz CT molecular complexity index is 211. The summed E-state index contributed by atoms with van der Waals surface area (Å²) in [6.07, 6.45) is 3.97. The molecule has 82 valence electrons. The van der Waals surface area contributed by atoms with E-state index >= 15 is 0 Å². The molecule has 0 saturated heterocycles. The van der Waals surface area contributed by atoms with Gasteiger partial charge >= 0.3 is 5.97 Å². The highest BCUT2D eigenvalue weighted by Crippen LogP contribution is 1.92. The molecule has 0 amide bonds. The van der Waals surface area contributed by atoms with Crippen molar-refractivity contribution < 1.29 is 13.7 Å². The van der Waals surface area contributed by atoms with Crippen LogP contribution in [0.5, 0.6) is 0 Å². The predicted octanol–water partition coefficient (Wildman–Crippen LogP) is 2.00. The Morgan fingerprint density at radius 3 is 2.64 bits per heavy atom. The van der Waals surface area contributed by atoms with E-state index in [4.69, 9.17) is 4.74 Å². The Morgan fingerprint density at radius 2 is 2.07 bits per heavy atom. The first kappa shape index (κ1) is 13.4. The van der Waals surface area contributed by atoms with Gasteiger partial charge in [0.25, 0.3) is 0 Å². The third-order valence-electron chi connectivity index (χ3n) is 1.50. The van der Waals surface area contributed by atoms with E-state index in [0.717, 1.165) is 19.3 Å². The minimum absolute atomic E-state index is 0.400. The van der Waals surface area contributed by atoms with E-state index in [1.807, 2.05) is 13.8 Å². The molecule has 0 fully saturated rings. The number of carbonyl (C=O) groups is 1. The highest BCUT2D eigenvalue weighted by molar-refractivity contribution is 7.87. The quantitative estimate of drug-likeness (QED) is 0.373. The zero-order valence-corrected chi connectivity index (χ0v) is 9.64. The van der Waals surface area contributed by atoms with Crippen LogP contribution in [0.25, 0.3) is 0 Å². The van der Waals surface area contributed by atoms with E-state index in [1.165, 1.54) is 11.5 Å². The van der Waals surface area contributed by atoms with Gasteiger partial charge in [0.15, 0.2) is 0 Å². The summed E-state index contributed by atoms with van der Waals surface area (Å²) < 4.78 is 15.9. The van der Waals surface area contributed by atoms with Crippen molar-refractivity contribution in [1.82, 2.24) is 0 Å². The molecule has 0 aromatic rings. The SMILES string of the molecule is CCCCOC(=O)C=CS(=O)CCC. The summed E-state index contributed by atoms with van der Waals surface area (Å²) in [4.78, 5) is 11.0. The Hall–Kier alpha value is -0.640. The number of ether oxygens (including phenoxy) is 1. The summed E-state index contributed by atoms with van der Waals surface area (Å²) in [5.41, 5.74) is 0. The van der Waals surface area contributed by atoms with Gasteiger partial charge in [0.2, 0.25) is 0 Å². The summed E-state index contributed by atoms with van der Waals surface area (Å²) in [5.74, 6) is 0.196. The second-order valence-electron chi connectivity index (χ2n) is 2.91. The van der Waals surface area contributed by atoms with Gasteiger partial charge in [0.05, 0.1) is 6.61 Å². The number of rotatable bonds is 7. The molecule has 0 heterocycles. The van der Waals surface area contributed by atoms with Gasteiger partial charge in [-0.2, -0.15) is 0 Å². The van der Waals surface area contributed by atoms with Crippen molar-refractivity contribution in [3.05, 3.63) is 11.5 Å². The van der Waals surface area contributed by atoms with Crippen molar-refractivity contribution in [3.63, 3.8) is 0 Å². The summed E-state index contributed by atoms with van der Waals surface area (Å²) in [5, 5.41) is 1.40. The summed E-state index contributed by atoms with van der Waals surface area (Å²) in [6, 6.07) is 0. The van der Waals surface area contributed by atoms with Crippen molar-refractivity contribution in [3.8, 4) is 0 Å². The van der Waals surface area contributed by atoms with Crippen molar-refractivity contribution in [2.45, 2.75) is 33.1 Å². The van der Waals surface area contributed by atoms with Crippen LogP contribution in [0.4, 0.5) is 0 Å². The van der Waals surface area contributed by atoms with E-state index in [1.54, 1.807) is 0 Å². The lowest BCUT2D eigenvalue weighted by Crippen LogP contribution is -2.02. The summed E-state index contributed by atoms with van der Waals surface area (Å²) in [7, 11) is -1.03. The standard InChI is InChI=1S/C10H18O3S/c1-3-5-7-13-10(11)6-9-14(12)8-4-2/h6,9H,3-5,7-8H2,1-2H3. The van der Waals surface area contributed by atoms with E-state index < -0.39 is 16.8 Å². The number of hydrogen-bond acceptors (Lipinski definition) is 3. The van der Waals surface area contributed by atoms with E-state index in [9.17, 15) is 9.00 Å². The fourth-order valence-corrected chi connectivity index (χ4v) is 1.57. The summed E-state index contributed by atoms with van der Waals surface area (Å²) in [6.45, 7) is 4.42. The van der Waals surface area contributed by atoms with Gasteiger partial charge in [-0.3, -0.25) is 4.21 Å². The van der Waals surface area contributed by atoms with E-state index in [0.29, 0.717) is 12.4 Å². The maximum absolute atomic E-state index is 11.1. The number of hydrogen-bond donors (Lipinski definition) is 0. The van der Waals surface area contributed by atoms with Crippen molar-refractivity contribution >= 4 is 16.8 Å². The lowest BCUT2D eigenvalue weighted by atomic mass is 10.4. The monoisotopic (exact) mass is 218 g/mol. The van der Waals surface area contributed by atoms with Gasteiger partial charge in [-0.05, 0) is 12.8 Å². The molecule has 4 heteroatoms. The van der Waals surface area contributed by atoms with E-state index in [-0.39, 0.29) is 0 Å². The molecule has 0 aromatic carbocycles. The van der Waals surface area contributed by atoms with Gasteiger partial charge < -0.3 is 4.74 Å². The van der Waals surface area contributed by atoms with Crippen molar-refractivity contribution in [2.24, 2.45) is 0 Å². The maximum atomic E-state index is 11.1. The molecule has 3 nitrogen and oxygen atoms in total. The predicted molar refractivity (Wildman–Crippen MR) is 58.3 cm³/mol. The van der Waals surface area contributed by atoms with Crippen LogP contribution in [0.15, 0.2) is 11.5 Å². The molecule has 0 rings (SSSR count). The van der Waals surface area contributed by atoms with Gasteiger partial charge in [-0.25, -0.2) is 4.79 Å². The minimum atomic E-state index is -1.03. The first-order valence-corrected chi connectivity index (χ1v) is 6.31. The van der Waals surface area contributed by atoms with Crippen LogP contribution in [0.3, 0.4) is 0 Å². The number of unbranched alkanes of at least 4 members (excludes halogenated alkanes) is 1. The lowest BCUT2D eigenvalue weighted by Gasteiger charge is -1.98. The topological polar surface area (TPSA) is 43.4 Å². The first-order chi connectivity index (χ1) is 6.70. The molecular weight excluding hydrogens is 200 g/mol.